The second-order valence-electron chi connectivity index (χ2n) is 11.3. The SMILES string of the molecule is CC[C@H]1CN(C(=O)Nc2ccn(-c3ccc(CN4CCC(NC(=O)OC(C)(C)C)CC4)cc3)c(=O)n2)CCN1. The van der Waals surface area contributed by atoms with Gasteiger partial charge in [-0.15, -0.1) is 0 Å². The summed E-state index contributed by atoms with van der Waals surface area (Å²) in [6.07, 6.45) is 3.96. The monoisotopic (exact) mass is 539 g/mol. The molecule has 2 aromatic rings. The minimum Gasteiger partial charge on any atom is -0.444 e. The molecule has 0 spiro atoms. The molecule has 1 aromatic carbocycles. The Balaban J connectivity index is 1.27. The molecule has 0 radical (unpaired) electrons. The van der Waals surface area contributed by atoms with E-state index in [0.29, 0.717) is 18.8 Å². The van der Waals surface area contributed by atoms with Crippen LogP contribution in [-0.2, 0) is 11.3 Å². The number of ether oxygens (including phenoxy) is 1. The highest BCUT2D eigenvalue weighted by atomic mass is 16.6. The Hall–Kier alpha value is -3.44. The topological polar surface area (TPSA) is 121 Å². The molecule has 39 heavy (non-hydrogen) atoms. The van der Waals surface area contributed by atoms with Crippen LogP contribution in [0, 0.1) is 0 Å². The van der Waals surface area contributed by atoms with Crippen molar-refractivity contribution in [3.63, 3.8) is 0 Å². The standard InChI is InChI=1S/C28H41N7O4/c1-5-21-19-34(17-13-29-21)25(36)31-24-12-16-35(26(37)32-24)23-8-6-20(7-9-23)18-33-14-10-22(11-15-33)30-27(38)39-28(2,3)4/h6-9,12,16,21-22,29H,5,10-11,13-15,17-19H2,1-4H3,(H,30,38)(H,31,32,36,37)/t21-/m0/s1. The summed E-state index contributed by atoms with van der Waals surface area (Å²) in [4.78, 5) is 45.5. The number of carbonyl (C=O) groups is 2. The fourth-order valence-corrected chi connectivity index (χ4v) is 4.87. The van der Waals surface area contributed by atoms with Gasteiger partial charge in [-0.2, -0.15) is 4.98 Å². The zero-order valence-electron chi connectivity index (χ0n) is 23.4. The van der Waals surface area contributed by atoms with Crippen molar-refractivity contribution in [1.82, 2.24) is 30.0 Å². The molecular formula is C28H41N7O4. The number of nitrogens with one attached hydrogen (secondary N) is 3. The molecule has 1 aromatic heterocycles. The number of piperidine rings is 1. The van der Waals surface area contributed by atoms with E-state index in [1.165, 1.54) is 4.57 Å². The molecule has 2 aliphatic heterocycles. The summed E-state index contributed by atoms with van der Waals surface area (Å²) in [7, 11) is 0. The number of anilines is 1. The predicted molar refractivity (Wildman–Crippen MR) is 150 cm³/mol. The van der Waals surface area contributed by atoms with E-state index in [9.17, 15) is 14.4 Å². The van der Waals surface area contributed by atoms with Gasteiger partial charge in [0.1, 0.15) is 11.4 Å². The van der Waals surface area contributed by atoms with Crippen LogP contribution in [-0.4, -0.2) is 81.9 Å². The van der Waals surface area contributed by atoms with E-state index in [1.807, 2.05) is 45.0 Å². The van der Waals surface area contributed by atoms with Gasteiger partial charge < -0.3 is 20.3 Å². The van der Waals surface area contributed by atoms with Gasteiger partial charge in [-0.1, -0.05) is 19.1 Å². The maximum atomic E-state index is 12.7. The van der Waals surface area contributed by atoms with Crippen molar-refractivity contribution in [3.05, 3.63) is 52.6 Å². The summed E-state index contributed by atoms with van der Waals surface area (Å²) in [6, 6.07) is 9.62. The van der Waals surface area contributed by atoms with Crippen molar-refractivity contribution in [1.29, 1.82) is 0 Å². The van der Waals surface area contributed by atoms with Gasteiger partial charge in [0.15, 0.2) is 0 Å². The number of urea groups is 1. The lowest BCUT2D eigenvalue weighted by molar-refractivity contribution is 0.0477. The molecule has 11 nitrogen and oxygen atoms in total. The molecule has 11 heteroatoms. The molecule has 3 amide bonds. The first-order chi connectivity index (χ1) is 18.6. The molecule has 0 bridgehead atoms. The molecule has 4 rings (SSSR count). The number of hydrogen-bond acceptors (Lipinski definition) is 7. The number of rotatable bonds is 6. The predicted octanol–water partition coefficient (Wildman–Crippen LogP) is 2.94. The summed E-state index contributed by atoms with van der Waals surface area (Å²) in [5.74, 6) is 0.244. The van der Waals surface area contributed by atoms with Crippen LogP contribution in [0.1, 0.15) is 52.5 Å². The Kier molecular flexibility index (Phi) is 9.24. The highest BCUT2D eigenvalue weighted by molar-refractivity contribution is 5.88. The van der Waals surface area contributed by atoms with Gasteiger partial charge in [0, 0.05) is 57.5 Å². The van der Waals surface area contributed by atoms with E-state index < -0.39 is 11.3 Å². The van der Waals surface area contributed by atoms with Gasteiger partial charge in [-0.25, -0.2) is 14.4 Å². The Bertz CT molecular complexity index is 1180. The van der Waals surface area contributed by atoms with Crippen LogP contribution >= 0.6 is 0 Å². The Morgan fingerprint density at radius 2 is 1.82 bits per heavy atom. The Labute approximate surface area is 229 Å². The van der Waals surface area contributed by atoms with Gasteiger partial charge in [0.25, 0.3) is 0 Å². The lowest BCUT2D eigenvalue weighted by atomic mass is 10.0. The number of likely N-dealkylation sites (tertiary alicyclic amines) is 1. The van der Waals surface area contributed by atoms with Crippen LogP contribution in [0.25, 0.3) is 5.69 Å². The number of aromatic nitrogens is 2. The summed E-state index contributed by atoms with van der Waals surface area (Å²) in [5, 5.41) is 9.11. The number of piperazine rings is 1. The largest absolute Gasteiger partial charge is 0.444 e. The van der Waals surface area contributed by atoms with Crippen LogP contribution in [0.3, 0.4) is 0 Å². The average Bonchev–Trinajstić information content (AvgIpc) is 2.89. The van der Waals surface area contributed by atoms with Gasteiger partial charge in [-0.05, 0) is 63.8 Å². The zero-order valence-corrected chi connectivity index (χ0v) is 23.4. The van der Waals surface area contributed by atoms with E-state index in [0.717, 1.165) is 51.0 Å². The van der Waals surface area contributed by atoms with Crippen LogP contribution in [0.4, 0.5) is 15.4 Å². The molecule has 0 unspecified atom stereocenters. The second-order valence-corrected chi connectivity index (χ2v) is 11.3. The minimum absolute atomic E-state index is 0.121. The van der Waals surface area contributed by atoms with E-state index in [-0.39, 0.29) is 30.0 Å². The number of hydrogen-bond donors (Lipinski definition) is 3. The van der Waals surface area contributed by atoms with Gasteiger partial charge in [0.2, 0.25) is 0 Å². The highest BCUT2D eigenvalue weighted by Gasteiger charge is 2.24. The minimum atomic E-state index is -0.500. The highest BCUT2D eigenvalue weighted by Crippen LogP contribution is 2.17. The van der Waals surface area contributed by atoms with Crippen molar-refractivity contribution in [3.8, 4) is 5.69 Å². The molecular weight excluding hydrogens is 498 g/mol. The van der Waals surface area contributed by atoms with Crippen molar-refractivity contribution in [2.24, 2.45) is 0 Å². The number of carbonyl (C=O) groups excluding carboxylic acids is 2. The Morgan fingerprint density at radius 1 is 1.10 bits per heavy atom. The maximum absolute atomic E-state index is 12.7. The van der Waals surface area contributed by atoms with E-state index in [4.69, 9.17) is 4.74 Å². The first-order valence-electron chi connectivity index (χ1n) is 13.8. The molecule has 3 heterocycles. The van der Waals surface area contributed by atoms with Gasteiger partial charge in [0.05, 0.1) is 5.69 Å². The first kappa shape index (κ1) is 28.6. The molecule has 2 saturated heterocycles. The maximum Gasteiger partial charge on any atom is 0.407 e. The van der Waals surface area contributed by atoms with Crippen LogP contribution in [0.5, 0.6) is 0 Å². The lowest BCUT2D eigenvalue weighted by Gasteiger charge is -2.33. The van der Waals surface area contributed by atoms with E-state index in [1.54, 1.807) is 17.2 Å². The fourth-order valence-electron chi connectivity index (χ4n) is 4.87. The smallest absolute Gasteiger partial charge is 0.407 e. The lowest BCUT2D eigenvalue weighted by Crippen LogP contribution is -2.53. The molecule has 0 aliphatic carbocycles. The van der Waals surface area contributed by atoms with Crippen molar-refractivity contribution in [2.45, 2.75) is 71.2 Å². The molecule has 2 fully saturated rings. The number of benzene rings is 1. The third kappa shape index (κ3) is 8.27. The average molecular weight is 540 g/mol. The normalized spacial score (nSPS) is 19.0. The number of alkyl carbamates (subject to hydrolysis) is 1. The third-order valence-corrected chi connectivity index (χ3v) is 7.00. The summed E-state index contributed by atoms with van der Waals surface area (Å²) in [5.41, 5.74) is 0.900. The fraction of sp³-hybridized carbons (Fsp3) is 0.571. The second kappa shape index (κ2) is 12.6. The number of amides is 3. The quantitative estimate of drug-likeness (QED) is 0.516. The molecule has 0 saturated carbocycles. The van der Waals surface area contributed by atoms with Crippen LogP contribution < -0.4 is 21.6 Å². The van der Waals surface area contributed by atoms with Gasteiger partial charge in [-0.3, -0.25) is 14.8 Å². The number of nitrogens with zero attached hydrogens (tertiary/aromatic N) is 4. The molecule has 3 N–H and O–H groups in total. The molecule has 212 valence electrons. The Morgan fingerprint density at radius 3 is 2.46 bits per heavy atom. The molecule has 2 aliphatic rings. The van der Waals surface area contributed by atoms with Crippen LogP contribution in [0.2, 0.25) is 0 Å². The van der Waals surface area contributed by atoms with Crippen molar-refractivity contribution in [2.75, 3.05) is 38.0 Å². The summed E-state index contributed by atoms with van der Waals surface area (Å²) in [6.45, 7) is 12.2. The van der Waals surface area contributed by atoms with Gasteiger partial charge >= 0.3 is 17.8 Å². The zero-order chi connectivity index (χ0) is 28.0. The molecule has 1 atom stereocenters. The van der Waals surface area contributed by atoms with Crippen LogP contribution in [0.15, 0.2) is 41.3 Å². The first-order valence-corrected chi connectivity index (χ1v) is 13.8. The summed E-state index contributed by atoms with van der Waals surface area (Å²) < 4.78 is 6.82. The van der Waals surface area contributed by atoms with E-state index >= 15 is 0 Å². The van der Waals surface area contributed by atoms with Crippen molar-refractivity contribution < 1.29 is 14.3 Å². The third-order valence-electron chi connectivity index (χ3n) is 7.00. The van der Waals surface area contributed by atoms with E-state index in [2.05, 4.69) is 32.8 Å². The summed E-state index contributed by atoms with van der Waals surface area (Å²) >= 11 is 0. The van der Waals surface area contributed by atoms with Crippen molar-refractivity contribution >= 4 is 17.9 Å².